The number of rotatable bonds is 4. The number of nitrogens with one attached hydrogen (secondary N) is 1. The lowest BCUT2D eigenvalue weighted by Crippen LogP contribution is -2.29. The van der Waals surface area contributed by atoms with Gasteiger partial charge in [-0.3, -0.25) is 0 Å². The fourth-order valence-electron chi connectivity index (χ4n) is 2.94. The third-order valence-electron chi connectivity index (χ3n) is 3.78. The molecule has 1 aliphatic rings. The van der Waals surface area contributed by atoms with Gasteiger partial charge in [-0.25, -0.2) is 0 Å². The molecule has 0 spiro atoms. The Hall–Kier alpha value is -0.760. The molecule has 90 valence electrons. The lowest BCUT2D eigenvalue weighted by molar-refractivity contribution is 0.272. The summed E-state index contributed by atoms with van der Waals surface area (Å²) in [7, 11) is 0. The first kappa shape index (κ1) is 11.7. The molecule has 2 rings (SSSR count). The Morgan fingerprint density at radius 2 is 2.12 bits per heavy atom. The summed E-state index contributed by atoms with van der Waals surface area (Å²) in [5.74, 6) is 1.88. The molecule has 1 N–H and O–H groups in total. The van der Waals surface area contributed by atoms with Crippen LogP contribution in [0.5, 0.6) is 0 Å². The summed E-state index contributed by atoms with van der Waals surface area (Å²) in [5.41, 5.74) is 1.37. The van der Waals surface area contributed by atoms with Crippen molar-refractivity contribution in [2.24, 2.45) is 5.92 Å². The fraction of sp³-hybridized carbons (Fsp3) is 0.714. The van der Waals surface area contributed by atoms with E-state index in [-0.39, 0.29) is 0 Å². The quantitative estimate of drug-likeness (QED) is 0.836. The van der Waals surface area contributed by atoms with Gasteiger partial charge in [0.05, 0.1) is 6.26 Å². The van der Waals surface area contributed by atoms with E-state index in [0.717, 1.165) is 18.2 Å². The third-order valence-corrected chi connectivity index (χ3v) is 3.78. The molecule has 0 bridgehead atoms. The summed E-state index contributed by atoms with van der Waals surface area (Å²) >= 11 is 0. The van der Waals surface area contributed by atoms with Gasteiger partial charge < -0.3 is 9.73 Å². The van der Waals surface area contributed by atoms with Crippen LogP contribution in [-0.2, 0) is 0 Å². The van der Waals surface area contributed by atoms with Crippen molar-refractivity contribution < 1.29 is 4.42 Å². The minimum Gasteiger partial charge on any atom is -0.469 e. The summed E-state index contributed by atoms with van der Waals surface area (Å²) in [6.07, 6.45) is 8.75. The van der Waals surface area contributed by atoms with Gasteiger partial charge in [0.15, 0.2) is 0 Å². The minimum absolute atomic E-state index is 0.504. The maximum absolute atomic E-state index is 5.44. The topological polar surface area (TPSA) is 25.2 Å². The second kappa shape index (κ2) is 5.53. The molecule has 1 aliphatic carbocycles. The molecular weight excluding hydrogens is 198 g/mol. The first-order chi connectivity index (χ1) is 7.83. The molecule has 0 radical (unpaired) electrons. The van der Waals surface area contributed by atoms with Gasteiger partial charge in [-0.15, -0.1) is 0 Å². The average molecular weight is 221 g/mol. The van der Waals surface area contributed by atoms with Crippen molar-refractivity contribution in [3.63, 3.8) is 0 Å². The van der Waals surface area contributed by atoms with E-state index in [1.165, 1.54) is 37.7 Å². The van der Waals surface area contributed by atoms with Gasteiger partial charge in [0.25, 0.3) is 0 Å². The maximum Gasteiger partial charge on any atom is 0.105 e. The Labute approximate surface area is 98.4 Å². The molecule has 1 saturated carbocycles. The summed E-state index contributed by atoms with van der Waals surface area (Å²) in [5, 5.41) is 3.64. The number of hydrogen-bond donors (Lipinski definition) is 1. The molecule has 1 unspecified atom stereocenters. The van der Waals surface area contributed by atoms with Crippen LogP contribution in [0.3, 0.4) is 0 Å². The molecule has 0 amide bonds. The summed E-state index contributed by atoms with van der Waals surface area (Å²) in [4.78, 5) is 0. The van der Waals surface area contributed by atoms with Crippen LogP contribution in [0.1, 0.15) is 56.4 Å². The van der Waals surface area contributed by atoms with Crippen LogP contribution < -0.4 is 5.32 Å². The lowest BCUT2D eigenvalue weighted by atomic mass is 9.81. The molecule has 2 heteroatoms. The zero-order valence-electron chi connectivity index (χ0n) is 10.5. The standard InChI is InChI=1S/C14H23NO/c1-3-15-14(12-7-5-4-6-8-12)13-9-10-16-11(13)2/h9-10,12,14-15H,3-8H2,1-2H3. The first-order valence-corrected chi connectivity index (χ1v) is 6.60. The van der Waals surface area contributed by atoms with Gasteiger partial charge in [0.1, 0.15) is 5.76 Å². The van der Waals surface area contributed by atoms with Crippen molar-refractivity contribution in [1.29, 1.82) is 0 Å². The second-order valence-electron chi connectivity index (χ2n) is 4.87. The van der Waals surface area contributed by atoms with Gasteiger partial charge in [-0.05, 0) is 38.3 Å². The number of hydrogen-bond acceptors (Lipinski definition) is 2. The Morgan fingerprint density at radius 1 is 1.38 bits per heavy atom. The molecule has 1 heterocycles. The highest BCUT2D eigenvalue weighted by atomic mass is 16.3. The van der Waals surface area contributed by atoms with Crippen LogP contribution >= 0.6 is 0 Å². The van der Waals surface area contributed by atoms with Crippen molar-refractivity contribution in [3.05, 3.63) is 23.7 Å². The van der Waals surface area contributed by atoms with Gasteiger partial charge in [-0.2, -0.15) is 0 Å². The highest BCUT2D eigenvalue weighted by molar-refractivity contribution is 5.21. The van der Waals surface area contributed by atoms with Gasteiger partial charge in [-0.1, -0.05) is 26.2 Å². The van der Waals surface area contributed by atoms with E-state index >= 15 is 0 Å². The van der Waals surface area contributed by atoms with E-state index < -0.39 is 0 Å². The first-order valence-electron chi connectivity index (χ1n) is 6.60. The number of furan rings is 1. The van der Waals surface area contributed by atoms with E-state index in [0.29, 0.717) is 6.04 Å². The highest BCUT2D eigenvalue weighted by Gasteiger charge is 2.26. The van der Waals surface area contributed by atoms with E-state index in [4.69, 9.17) is 4.42 Å². The smallest absolute Gasteiger partial charge is 0.105 e. The largest absolute Gasteiger partial charge is 0.469 e. The Morgan fingerprint density at radius 3 is 2.69 bits per heavy atom. The average Bonchev–Trinajstić information content (AvgIpc) is 2.73. The molecule has 0 aliphatic heterocycles. The molecule has 0 aromatic carbocycles. The Bertz CT molecular complexity index is 312. The van der Waals surface area contributed by atoms with Crippen LogP contribution in [0, 0.1) is 12.8 Å². The molecular formula is C14H23NO. The van der Waals surface area contributed by atoms with Gasteiger partial charge in [0, 0.05) is 11.6 Å². The molecule has 2 nitrogen and oxygen atoms in total. The molecule has 1 atom stereocenters. The third kappa shape index (κ3) is 2.49. The van der Waals surface area contributed by atoms with Crippen LogP contribution in [0.15, 0.2) is 16.7 Å². The Balaban J connectivity index is 2.12. The van der Waals surface area contributed by atoms with E-state index in [9.17, 15) is 0 Å². The molecule has 0 saturated heterocycles. The van der Waals surface area contributed by atoms with E-state index in [1.54, 1.807) is 0 Å². The summed E-state index contributed by atoms with van der Waals surface area (Å²) < 4.78 is 5.44. The minimum atomic E-state index is 0.504. The summed E-state index contributed by atoms with van der Waals surface area (Å²) in [6, 6.07) is 2.64. The number of aryl methyl sites for hydroxylation is 1. The molecule has 1 fully saturated rings. The van der Waals surface area contributed by atoms with E-state index in [1.807, 2.05) is 6.26 Å². The molecule has 16 heavy (non-hydrogen) atoms. The van der Waals surface area contributed by atoms with E-state index in [2.05, 4.69) is 25.2 Å². The fourth-order valence-corrected chi connectivity index (χ4v) is 2.94. The predicted octanol–water partition coefficient (Wildman–Crippen LogP) is 3.82. The molecule has 1 aromatic heterocycles. The van der Waals surface area contributed by atoms with Crippen molar-refractivity contribution in [3.8, 4) is 0 Å². The monoisotopic (exact) mass is 221 g/mol. The van der Waals surface area contributed by atoms with Crippen molar-refractivity contribution in [1.82, 2.24) is 5.32 Å². The highest BCUT2D eigenvalue weighted by Crippen LogP contribution is 2.35. The zero-order valence-corrected chi connectivity index (χ0v) is 10.5. The van der Waals surface area contributed by atoms with Gasteiger partial charge >= 0.3 is 0 Å². The van der Waals surface area contributed by atoms with Crippen LogP contribution in [0.2, 0.25) is 0 Å². The van der Waals surface area contributed by atoms with Crippen molar-refractivity contribution in [2.75, 3.05) is 6.54 Å². The Kier molecular flexibility index (Phi) is 4.05. The molecule has 1 aromatic rings. The summed E-state index contributed by atoms with van der Waals surface area (Å²) in [6.45, 7) is 5.29. The predicted molar refractivity (Wildman–Crippen MR) is 66.4 cm³/mol. The van der Waals surface area contributed by atoms with Crippen LogP contribution in [0.25, 0.3) is 0 Å². The van der Waals surface area contributed by atoms with Gasteiger partial charge in [0.2, 0.25) is 0 Å². The normalized spacial score (nSPS) is 19.9. The van der Waals surface area contributed by atoms with Crippen molar-refractivity contribution in [2.45, 2.75) is 52.0 Å². The lowest BCUT2D eigenvalue weighted by Gasteiger charge is -2.30. The zero-order chi connectivity index (χ0) is 11.4. The van der Waals surface area contributed by atoms with Crippen LogP contribution in [0.4, 0.5) is 0 Å². The van der Waals surface area contributed by atoms with Crippen molar-refractivity contribution >= 4 is 0 Å². The maximum atomic E-state index is 5.44. The SMILES string of the molecule is CCNC(c1ccoc1C)C1CCCCC1. The van der Waals surface area contributed by atoms with Crippen LogP contribution in [-0.4, -0.2) is 6.54 Å². The second-order valence-corrected chi connectivity index (χ2v) is 4.87.